The van der Waals surface area contributed by atoms with Gasteiger partial charge in [0, 0.05) is 19.3 Å². The zero-order valence-electron chi connectivity index (χ0n) is 38.1. The average molecular weight is 803 g/mol. The Balaban J connectivity index is 4.31. The van der Waals surface area contributed by atoms with Crippen molar-refractivity contribution in [2.75, 3.05) is 13.2 Å². The van der Waals surface area contributed by atoms with Gasteiger partial charge in [0.2, 0.25) is 0 Å². The van der Waals surface area contributed by atoms with Crippen LogP contribution in [0.25, 0.3) is 0 Å². The molecule has 0 bridgehead atoms. The van der Waals surface area contributed by atoms with Gasteiger partial charge in [0.05, 0.1) is 0 Å². The Morgan fingerprint density at radius 3 is 1.05 bits per heavy atom. The first kappa shape index (κ1) is 54.9. The summed E-state index contributed by atoms with van der Waals surface area (Å²) in [7, 11) is 0. The molecule has 0 N–H and O–H groups in total. The van der Waals surface area contributed by atoms with Crippen LogP contribution in [-0.4, -0.2) is 37.2 Å². The lowest BCUT2D eigenvalue weighted by Crippen LogP contribution is -2.30. The highest BCUT2D eigenvalue weighted by molar-refractivity contribution is 5.71. The molecule has 0 aromatic rings. The van der Waals surface area contributed by atoms with E-state index in [1.807, 2.05) is 0 Å². The summed E-state index contributed by atoms with van der Waals surface area (Å²) in [6.45, 7) is 6.53. The molecular formula is C51H94O6. The number of unbranched alkanes of at least 4 members (excludes halogenated alkanes) is 30. The maximum absolute atomic E-state index is 12.7. The molecule has 0 radical (unpaired) electrons. The normalized spacial score (nSPS) is 12.1. The monoisotopic (exact) mass is 803 g/mol. The number of ether oxygens (including phenoxy) is 3. The van der Waals surface area contributed by atoms with Gasteiger partial charge in [-0.1, -0.05) is 225 Å². The summed E-state index contributed by atoms with van der Waals surface area (Å²) in [5.41, 5.74) is 0. The van der Waals surface area contributed by atoms with Gasteiger partial charge in [-0.25, -0.2) is 0 Å². The summed E-state index contributed by atoms with van der Waals surface area (Å²) >= 11 is 0. The van der Waals surface area contributed by atoms with Crippen molar-refractivity contribution in [1.29, 1.82) is 0 Å². The molecule has 0 aliphatic rings. The number of esters is 3. The van der Waals surface area contributed by atoms with Gasteiger partial charge in [0.1, 0.15) is 13.2 Å². The molecule has 1 unspecified atom stereocenters. The molecule has 0 fully saturated rings. The van der Waals surface area contributed by atoms with E-state index in [1.165, 1.54) is 135 Å². The van der Waals surface area contributed by atoms with Crippen LogP contribution in [0.1, 0.15) is 265 Å². The summed E-state index contributed by atoms with van der Waals surface area (Å²) in [6.07, 6.45) is 51.6. The molecule has 6 heteroatoms. The van der Waals surface area contributed by atoms with Gasteiger partial charge >= 0.3 is 17.9 Å². The smallest absolute Gasteiger partial charge is 0.306 e. The maximum Gasteiger partial charge on any atom is 0.306 e. The molecule has 57 heavy (non-hydrogen) atoms. The predicted octanol–water partition coefficient (Wildman–Crippen LogP) is 16.0. The molecule has 0 aliphatic carbocycles. The van der Waals surface area contributed by atoms with Crippen molar-refractivity contribution in [2.45, 2.75) is 271 Å². The molecule has 0 saturated heterocycles. The summed E-state index contributed by atoms with van der Waals surface area (Å²) in [6, 6.07) is 0. The molecular weight excluding hydrogens is 709 g/mol. The molecule has 0 aliphatic heterocycles. The Kier molecular flexibility index (Phi) is 44.9. The van der Waals surface area contributed by atoms with E-state index in [0.717, 1.165) is 89.9 Å². The second-order valence-electron chi connectivity index (χ2n) is 16.7. The van der Waals surface area contributed by atoms with Gasteiger partial charge in [-0.3, -0.25) is 14.4 Å². The first-order valence-corrected chi connectivity index (χ1v) is 24.8. The van der Waals surface area contributed by atoms with E-state index in [2.05, 4.69) is 45.1 Å². The van der Waals surface area contributed by atoms with Crippen LogP contribution in [0.5, 0.6) is 0 Å². The Labute approximate surface area is 353 Å². The predicted molar refractivity (Wildman–Crippen MR) is 243 cm³/mol. The SMILES string of the molecule is CC/C=C\C/C=C\CCCCCCCC(=O)OC(COC(=O)CCCCCCCCCCCCC)COC(=O)CCCCCCCCCCCCCCCCCC. The van der Waals surface area contributed by atoms with Gasteiger partial charge in [-0.15, -0.1) is 0 Å². The first-order chi connectivity index (χ1) is 28.0. The number of carbonyl (C=O) groups is 3. The first-order valence-electron chi connectivity index (χ1n) is 24.8. The van der Waals surface area contributed by atoms with Crippen LogP contribution in [0.4, 0.5) is 0 Å². The highest BCUT2D eigenvalue weighted by atomic mass is 16.6. The third-order valence-electron chi connectivity index (χ3n) is 11.0. The summed E-state index contributed by atoms with van der Waals surface area (Å²) in [5.74, 6) is -0.877. The molecule has 0 spiro atoms. The van der Waals surface area contributed by atoms with E-state index in [-0.39, 0.29) is 31.1 Å². The van der Waals surface area contributed by atoms with E-state index in [4.69, 9.17) is 14.2 Å². The second kappa shape index (κ2) is 46.6. The number of hydrogen-bond acceptors (Lipinski definition) is 6. The lowest BCUT2D eigenvalue weighted by atomic mass is 10.0. The standard InChI is InChI=1S/C51H94O6/c1-4-7-10-13-16-19-22-24-25-26-27-30-32-35-38-41-44-50(53)56-47-48(46-55-49(52)43-40-37-34-31-28-21-18-15-12-9-6-3)57-51(54)45-42-39-36-33-29-23-20-17-14-11-8-5-2/h8,11,17,20,48H,4-7,9-10,12-16,18-19,21-47H2,1-3H3/b11-8-,20-17-. The van der Waals surface area contributed by atoms with Crippen molar-refractivity contribution in [3.63, 3.8) is 0 Å². The molecule has 0 rings (SSSR count). The molecule has 1 atom stereocenters. The van der Waals surface area contributed by atoms with Crippen LogP contribution in [0, 0.1) is 0 Å². The van der Waals surface area contributed by atoms with Crippen molar-refractivity contribution in [2.24, 2.45) is 0 Å². The Morgan fingerprint density at radius 1 is 0.368 bits per heavy atom. The number of hydrogen-bond donors (Lipinski definition) is 0. The molecule has 0 heterocycles. The van der Waals surface area contributed by atoms with Crippen LogP contribution >= 0.6 is 0 Å². The summed E-state index contributed by atoms with van der Waals surface area (Å²) < 4.78 is 16.7. The minimum atomic E-state index is -0.771. The molecule has 0 aromatic heterocycles. The quantitative estimate of drug-likeness (QED) is 0.0264. The van der Waals surface area contributed by atoms with Gasteiger partial charge in [0.15, 0.2) is 6.10 Å². The summed E-state index contributed by atoms with van der Waals surface area (Å²) in [5, 5.41) is 0. The van der Waals surface area contributed by atoms with Crippen LogP contribution in [-0.2, 0) is 28.6 Å². The van der Waals surface area contributed by atoms with Crippen molar-refractivity contribution in [3.05, 3.63) is 24.3 Å². The minimum absolute atomic E-state index is 0.0725. The fourth-order valence-corrected chi connectivity index (χ4v) is 7.25. The fourth-order valence-electron chi connectivity index (χ4n) is 7.25. The zero-order valence-corrected chi connectivity index (χ0v) is 38.1. The minimum Gasteiger partial charge on any atom is -0.462 e. The molecule has 6 nitrogen and oxygen atoms in total. The van der Waals surface area contributed by atoms with E-state index >= 15 is 0 Å². The van der Waals surface area contributed by atoms with Crippen molar-refractivity contribution >= 4 is 17.9 Å². The van der Waals surface area contributed by atoms with Gasteiger partial charge < -0.3 is 14.2 Å². The Hall–Kier alpha value is -2.11. The van der Waals surface area contributed by atoms with Crippen LogP contribution in [0.2, 0.25) is 0 Å². The molecule has 0 saturated carbocycles. The molecule has 0 aromatic carbocycles. The Bertz CT molecular complexity index is 927. The average Bonchev–Trinajstić information content (AvgIpc) is 3.21. The third kappa shape index (κ3) is 44.8. The van der Waals surface area contributed by atoms with Crippen molar-refractivity contribution < 1.29 is 28.6 Å². The lowest BCUT2D eigenvalue weighted by molar-refractivity contribution is -0.167. The summed E-state index contributed by atoms with van der Waals surface area (Å²) in [4.78, 5) is 37.8. The van der Waals surface area contributed by atoms with E-state index in [1.54, 1.807) is 0 Å². The largest absolute Gasteiger partial charge is 0.462 e. The van der Waals surface area contributed by atoms with Crippen molar-refractivity contribution in [3.8, 4) is 0 Å². The van der Waals surface area contributed by atoms with E-state index in [9.17, 15) is 14.4 Å². The zero-order chi connectivity index (χ0) is 41.5. The Morgan fingerprint density at radius 2 is 0.684 bits per heavy atom. The van der Waals surface area contributed by atoms with Gasteiger partial charge in [-0.05, 0) is 44.9 Å². The lowest BCUT2D eigenvalue weighted by Gasteiger charge is -2.18. The highest BCUT2D eigenvalue weighted by Gasteiger charge is 2.19. The number of rotatable bonds is 45. The van der Waals surface area contributed by atoms with Crippen LogP contribution < -0.4 is 0 Å². The van der Waals surface area contributed by atoms with Gasteiger partial charge in [-0.2, -0.15) is 0 Å². The second-order valence-corrected chi connectivity index (χ2v) is 16.7. The van der Waals surface area contributed by atoms with Gasteiger partial charge in [0.25, 0.3) is 0 Å². The highest BCUT2D eigenvalue weighted by Crippen LogP contribution is 2.16. The van der Waals surface area contributed by atoms with Crippen LogP contribution in [0.3, 0.4) is 0 Å². The molecule has 0 amide bonds. The fraction of sp³-hybridized carbons (Fsp3) is 0.863. The van der Waals surface area contributed by atoms with Crippen molar-refractivity contribution in [1.82, 2.24) is 0 Å². The van der Waals surface area contributed by atoms with Crippen LogP contribution in [0.15, 0.2) is 24.3 Å². The van der Waals surface area contributed by atoms with E-state index in [0.29, 0.717) is 19.3 Å². The maximum atomic E-state index is 12.7. The number of allylic oxidation sites excluding steroid dienone is 4. The molecule has 334 valence electrons. The topological polar surface area (TPSA) is 78.9 Å². The van der Waals surface area contributed by atoms with E-state index < -0.39 is 6.10 Å². The number of carbonyl (C=O) groups excluding carboxylic acids is 3. The third-order valence-corrected chi connectivity index (χ3v) is 11.0.